The van der Waals surface area contributed by atoms with Gasteiger partial charge in [-0.2, -0.15) is 0 Å². The Balaban J connectivity index is 2.14. The predicted octanol–water partition coefficient (Wildman–Crippen LogP) is 5.37. The highest BCUT2D eigenvalue weighted by atomic mass is 32.2. The van der Waals surface area contributed by atoms with Gasteiger partial charge >= 0.3 is 0 Å². The smallest absolute Gasteiger partial charge is 0.122 e. The van der Waals surface area contributed by atoms with Gasteiger partial charge in [0.25, 0.3) is 0 Å². The van der Waals surface area contributed by atoms with Gasteiger partial charge in [0.15, 0.2) is 0 Å². The maximum atomic E-state index is 12.7. The summed E-state index contributed by atoms with van der Waals surface area (Å²) in [7, 11) is 0. The molecule has 2 aliphatic rings. The van der Waals surface area contributed by atoms with Crippen molar-refractivity contribution in [3.8, 4) is 0 Å². The lowest BCUT2D eigenvalue weighted by Crippen LogP contribution is -1.81. The Morgan fingerprint density at radius 2 is 0.722 bits per heavy atom. The molecule has 2 aliphatic heterocycles. The van der Waals surface area contributed by atoms with Crippen LogP contribution in [0.5, 0.6) is 0 Å². The van der Waals surface area contributed by atoms with Crippen LogP contribution in [0.2, 0.25) is 0 Å². The molecule has 0 N–H and O–H groups in total. The van der Waals surface area contributed by atoms with Gasteiger partial charge in [0.05, 0.1) is 8.47 Å². The lowest BCUT2D eigenvalue weighted by Gasteiger charge is -2.01. The maximum Gasteiger partial charge on any atom is 0.122 e. The molecule has 0 radical (unpaired) electrons. The Morgan fingerprint density at radius 3 is 0.889 bits per heavy atom. The molecule has 0 aromatic heterocycles. The highest BCUT2D eigenvalue weighted by Crippen LogP contribution is 2.59. The van der Waals surface area contributed by atoms with Crippen molar-refractivity contribution in [2.45, 2.75) is 0 Å². The highest BCUT2D eigenvalue weighted by molar-refractivity contribution is 8.34. The summed E-state index contributed by atoms with van der Waals surface area (Å²) in [5, 5.41) is 0. The van der Waals surface area contributed by atoms with Crippen LogP contribution in [0, 0.1) is 0 Å². The molecule has 0 nitrogen and oxygen atoms in total. The van der Waals surface area contributed by atoms with E-state index >= 15 is 0 Å². The van der Waals surface area contributed by atoms with Gasteiger partial charge in [0.1, 0.15) is 26.7 Å². The lowest BCUT2D eigenvalue weighted by molar-refractivity contribution is 0.536. The summed E-state index contributed by atoms with van der Waals surface area (Å²) in [6, 6.07) is 0. The molecule has 2 heterocycles. The number of rotatable bonds is 4. The van der Waals surface area contributed by atoms with Crippen molar-refractivity contribution in [1.29, 1.82) is 0 Å². The number of hydrogen-bond donors (Lipinski definition) is 0. The summed E-state index contributed by atoms with van der Waals surface area (Å²) in [4.78, 5) is 1.45. The molecular weight excluding hydrogens is 324 g/mol. The van der Waals surface area contributed by atoms with E-state index in [9.17, 15) is 17.6 Å². The summed E-state index contributed by atoms with van der Waals surface area (Å²) in [5.74, 6) is 0. The standard InChI is InChI=1S/C10H8F4S4/c11-1-5-6(2-12)16-9(15-5)10-17-7(3-13)8(4-14)18-10/h1-4H2. The summed E-state index contributed by atoms with van der Waals surface area (Å²) >= 11 is 4.64. The van der Waals surface area contributed by atoms with Gasteiger partial charge in [0, 0.05) is 19.6 Å². The van der Waals surface area contributed by atoms with Crippen LogP contribution in [0.15, 0.2) is 28.1 Å². The second kappa shape index (κ2) is 6.67. The molecule has 0 aromatic rings. The van der Waals surface area contributed by atoms with Crippen molar-refractivity contribution in [2.24, 2.45) is 0 Å². The van der Waals surface area contributed by atoms with Crippen molar-refractivity contribution in [2.75, 3.05) is 26.7 Å². The number of alkyl halides is 4. The summed E-state index contributed by atoms with van der Waals surface area (Å²) < 4.78 is 52.1. The minimum atomic E-state index is -0.706. The number of hydrogen-bond acceptors (Lipinski definition) is 4. The van der Waals surface area contributed by atoms with Crippen LogP contribution in [-0.2, 0) is 0 Å². The van der Waals surface area contributed by atoms with Crippen molar-refractivity contribution in [3.63, 3.8) is 0 Å². The molecular formula is C10H8F4S4. The average Bonchev–Trinajstić information content (AvgIpc) is 3.01. The van der Waals surface area contributed by atoms with E-state index in [0.717, 1.165) is 55.5 Å². The lowest BCUT2D eigenvalue weighted by atomic mass is 10.5. The topological polar surface area (TPSA) is 0 Å². The Morgan fingerprint density at radius 1 is 0.500 bits per heavy atom. The van der Waals surface area contributed by atoms with Gasteiger partial charge in [-0.15, -0.1) is 0 Å². The molecule has 0 unspecified atom stereocenters. The van der Waals surface area contributed by atoms with Crippen molar-refractivity contribution in [3.05, 3.63) is 28.1 Å². The first kappa shape index (κ1) is 14.7. The molecule has 0 fully saturated rings. The molecule has 0 saturated carbocycles. The van der Waals surface area contributed by atoms with Crippen molar-refractivity contribution < 1.29 is 17.6 Å². The van der Waals surface area contributed by atoms with Gasteiger partial charge < -0.3 is 0 Å². The summed E-state index contributed by atoms with van der Waals surface area (Å²) in [6.45, 7) is -2.82. The van der Waals surface area contributed by atoms with Gasteiger partial charge in [-0.25, -0.2) is 17.6 Å². The van der Waals surface area contributed by atoms with E-state index in [1.54, 1.807) is 0 Å². The largest absolute Gasteiger partial charge is 0.245 e. The van der Waals surface area contributed by atoms with E-state index in [0.29, 0.717) is 19.6 Å². The second-order valence-corrected chi connectivity index (χ2v) is 8.15. The monoisotopic (exact) mass is 332 g/mol. The molecule has 2 rings (SSSR count). The van der Waals surface area contributed by atoms with E-state index in [-0.39, 0.29) is 0 Å². The normalized spacial score (nSPS) is 20.7. The van der Waals surface area contributed by atoms with Gasteiger partial charge in [-0.3, -0.25) is 0 Å². The van der Waals surface area contributed by atoms with E-state index in [1.807, 2.05) is 0 Å². The molecule has 100 valence electrons. The van der Waals surface area contributed by atoms with E-state index in [4.69, 9.17) is 0 Å². The Labute approximate surface area is 119 Å². The molecule has 0 saturated heterocycles. The van der Waals surface area contributed by atoms with E-state index < -0.39 is 26.7 Å². The van der Waals surface area contributed by atoms with Crippen molar-refractivity contribution >= 4 is 47.0 Å². The van der Waals surface area contributed by atoms with Crippen LogP contribution in [0.1, 0.15) is 0 Å². The molecule has 0 atom stereocenters. The third-order valence-electron chi connectivity index (χ3n) is 2.14. The molecule has 18 heavy (non-hydrogen) atoms. The fourth-order valence-electron chi connectivity index (χ4n) is 1.29. The first-order valence-corrected chi connectivity index (χ1v) is 8.13. The molecule has 0 aliphatic carbocycles. The zero-order valence-electron chi connectivity index (χ0n) is 8.97. The molecule has 0 spiro atoms. The number of thioether (sulfide) groups is 4. The first-order valence-electron chi connectivity index (χ1n) is 4.87. The summed E-state index contributed by atoms with van der Waals surface area (Å²) in [5.41, 5.74) is 0. The van der Waals surface area contributed by atoms with Gasteiger partial charge in [-0.1, -0.05) is 47.0 Å². The van der Waals surface area contributed by atoms with Crippen molar-refractivity contribution in [1.82, 2.24) is 0 Å². The van der Waals surface area contributed by atoms with Crippen LogP contribution < -0.4 is 0 Å². The van der Waals surface area contributed by atoms with Gasteiger partial charge in [0.2, 0.25) is 0 Å². The third kappa shape index (κ3) is 2.91. The zero-order valence-corrected chi connectivity index (χ0v) is 12.2. The fourth-order valence-corrected chi connectivity index (χ4v) is 6.45. The Bertz CT molecular complexity index is 365. The van der Waals surface area contributed by atoms with Crippen LogP contribution in [0.3, 0.4) is 0 Å². The Hall–Kier alpha value is 0.340. The van der Waals surface area contributed by atoms with E-state index in [2.05, 4.69) is 0 Å². The quantitative estimate of drug-likeness (QED) is 0.634. The van der Waals surface area contributed by atoms with E-state index in [1.165, 1.54) is 0 Å². The SMILES string of the molecule is FCC1=C(CF)SC(=C2SC(CF)=C(CF)S2)S1. The van der Waals surface area contributed by atoms with Crippen LogP contribution >= 0.6 is 47.0 Å². The molecule has 0 amide bonds. The molecule has 8 heteroatoms. The highest BCUT2D eigenvalue weighted by Gasteiger charge is 2.29. The van der Waals surface area contributed by atoms with Crippen LogP contribution in [0.4, 0.5) is 17.6 Å². The predicted molar refractivity (Wildman–Crippen MR) is 75.3 cm³/mol. The average molecular weight is 332 g/mol. The zero-order chi connectivity index (χ0) is 13.1. The number of allylic oxidation sites excluding steroid dienone is 4. The second-order valence-electron chi connectivity index (χ2n) is 3.21. The first-order chi connectivity index (χ1) is 8.73. The third-order valence-corrected chi connectivity index (χ3v) is 7.88. The van der Waals surface area contributed by atoms with Crippen LogP contribution in [-0.4, -0.2) is 26.7 Å². The minimum Gasteiger partial charge on any atom is -0.245 e. The molecule has 0 bridgehead atoms. The molecule has 0 aromatic carbocycles. The Kier molecular flexibility index (Phi) is 5.47. The van der Waals surface area contributed by atoms with Crippen LogP contribution in [0.25, 0.3) is 0 Å². The number of halogens is 4. The minimum absolute atomic E-state index is 0.363. The maximum absolute atomic E-state index is 12.7. The summed E-state index contributed by atoms with van der Waals surface area (Å²) in [6.07, 6.45) is 0. The van der Waals surface area contributed by atoms with Gasteiger partial charge in [-0.05, 0) is 0 Å². The fraction of sp³-hybridized carbons (Fsp3) is 0.400.